The number of aryl methyl sites for hydroxylation is 2. The topological polar surface area (TPSA) is 74.8 Å². The van der Waals surface area contributed by atoms with Crippen LogP contribution in [0.25, 0.3) is 21.7 Å². The highest BCUT2D eigenvalue weighted by Crippen LogP contribution is 2.36. The van der Waals surface area contributed by atoms with Crippen molar-refractivity contribution in [3.63, 3.8) is 0 Å². The first-order chi connectivity index (χ1) is 14.2. The van der Waals surface area contributed by atoms with Crippen molar-refractivity contribution >= 4 is 33.9 Å². The Morgan fingerprint density at radius 1 is 1.03 bits per heavy atom. The third kappa shape index (κ3) is 3.05. The maximum absolute atomic E-state index is 12.7. The smallest absolute Gasteiger partial charge is 0.271 e. The number of carbonyl (C=O) groups is 1. The van der Waals surface area contributed by atoms with Gasteiger partial charge in [-0.3, -0.25) is 4.79 Å². The van der Waals surface area contributed by atoms with Crippen molar-refractivity contribution in [3.8, 4) is 5.75 Å². The van der Waals surface area contributed by atoms with Gasteiger partial charge >= 0.3 is 0 Å². The summed E-state index contributed by atoms with van der Waals surface area (Å²) in [4.78, 5) is 12.7. The minimum Gasteiger partial charge on any atom is -0.507 e. The summed E-state index contributed by atoms with van der Waals surface area (Å²) in [6.45, 7) is 0. The molecular formula is C24H20N2O3. The van der Waals surface area contributed by atoms with Gasteiger partial charge in [-0.2, -0.15) is 5.10 Å². The molecule has 4 aromatic rings. The summed E-state index contributed by atoms with van der Waals surface area (Å²) in [5, 5.41) is 17.3. The fourth-order valence-corrected chi connectivity index (χ4v) is 4.14. The number of rotatable bonds is 3. The number of fused-ring (bicyclic) bond motifs is 4. The Hall–Kier alpha value is -3.60. The second kappa shape index (κ2) is 7.09. The van der Waals surface area contributed by atoms with E-state index in [0.29, 0.717) is 11.1 Å². The average molecular weight is 384 g/mol. The lowest BCUT2D eigenvalue weighted by atomic mass is 9.94. The number of furan rings is 1. The Kier molecular flexibility index (Phi) is 4.28. The Bertz CT molecular complexity index is 1260. The van der Waals surface area contributed by atoms with Gasteiger partial charge in [0.2, 0.25) is 0 Å². The van der Waals surface area contributed by atoms with E-state index < -0.39 is 0 Å². The summed E-state index contributed by atoms with van der Waals surface area (Å²) in [6, 6.07) is 16.7. The molecule has 1 aromatic heterocycles. The van der Waals surface area contributed by atoms with Gasteiger partial charge in [-0.1, -0.05) is 36.4 Å². The van der Waals surface area contributed by atoms with Gasteiger partial charge in [-0.25, -0.2) is 5.43 Å². The van der Waals surface area contributed by atoms with Gasteiger partial charge in [0.15, 0.2) is 0 Å². The zero-order valence-electron chi connectivity index (χ0n) is 15.8. The number of nitrogens with zero attached hydrogens (tertiary/aromatic N) is 1. The van der Waals surface area contributed by atoms with Gasteiger partial charge in [0.1, 0.15) is 17.1 Å². The number of hydrogen-bond donors (Lipinski definition) is 2. The van der Waals surface area contributed by atoms with Crippen LogP contribution in [0, 0.1) is 0 Å². The molecule has 1 amide bonds. The van der Waals surface area contributed by atoms with Crippen LogP contribution in [-0.4, -0.2) is 17.2 Å². The minimum absolute atomic E-state index is 0.120. The van der Waals surface area contributed by atoms with Crippen molar-refractivity contribution in [2.75, 3.05) is 0 Å². The summed E-state index contributed by atoms with van der Waals surface area (Å²) in [6.07, 6.45) is 5.56. The molecule has 5 heteroatoms. The van der Waals surface area contributed by atoms with E-state index in [0.717, 1.165) is 58.7 Å². The van der Waals surface area contributed by atoms with Crippen molar-refractivity contribution in [1.29, 1.82) is 0 Å². The highest BCUT2D eigenvalue weighted by Gasteiger charge is 2.21. The van der Waals surface area contributed by atoms with Gasteiger partial charge in [0.05, 0.1) is 6.21 Å². The van der Waals surface area contributed by atoms with Gasteiger partial charge in [-0.15, -0.1) is 0 Å². The molecule has 5 rings (SSSR count). The van der Waals surface area contributed by atoms with Crippen LogP contribution in [0.4, 0.5) is 0 Å². The van der Waals surface area contributed by atoms with Crippen LogP contribution in [0.1, 0.15) is 40.1 Å². The largest absolute Gasteiger partial charge is 0.507 e. The van der Waals surface area contributed by atoms with E-state index in [4.69, 9.17) is 4.42 Å². The fraction of sp³-hybridized carbons (Fsp3) is 0.167. The summed E-state index contributed by atoms with van der Waals surface area (Å²) >= 11 is 0. The SMILES string of the molecule is O=C(N/N=C/c1c(O)ccc2oc3c(c12)CCCC3)c1cccc2ccccc12. The molecule has 0 radical (unpaired) electrons. The standard InChI is InChI=1S/C24H20N2O3/c27-20-12-13-22-23(18-9-3-4-11-21(18)29-22)19(20)14-25-26-24(28)17-10-5-7-15-6-1-2-8-16(15)17/h1-2,5-8,10,12-14,27H,3-4,9,11H2,(H,26,28)/b25-14+. The molecule has 0 unspecified atom stereocenters. The van der Waals surface area contributed by atoms with Crippen LogP contribution in [-0.2, 0) is 12.8 Å². The maximum atomic E-state index is 12.7. The highest BCUT2D eigenvalue weighted by atomic mass is 16.3. The lowest BCUT2D eigenvalue weighted by molar-refractivity contribution is 0.0957. The summed E-state index contributed by atoms with van der Waals surface area (Å²) in [5.74, 6) is 0.820. The Morgan fingerprint density at radius 2 is 1.86 bits per heavy atom. The molecule has 0 saturated carbocycles. The van der Waals surface area contributed by atoms with Gasteiger partial charge in [0, 0.05) is 28.5 Å². The molecule has 2 N–H and O–H groups in total. The first kappa shape index (κ1) is 17.5. The monoisotopic (exact) mass is 384 g/mol. The van der Waals surface area contributed by atoms with Crippen LogP contribution in [0.5, 0.6) is 5.75 Å². The highest BCUT2D eigenvalue weighted by molar-refractivity contribution is 6.08. The molecule has 3 aromatic carbocycles. The van der Waals surface area contributed by atoms with E-state index >= 15 is 0 Å². The Morgan fingerprint density at radius 3 is 2.79 bits per heavy atom. The first-order valence-corrected chi connectivity index (χ1v) is 9.80. The zero-order chi connectivity index (χ0) is 19.8. The molecule has 0 aliphatic heterocycles. The Labute approximate surface area is 167 Å². The molecule has 0 fully saturated rings. The number of benzene rings is 3. The van der Waals surface area contributed by atoms with Crippen LogP contribution in [0.2, 0.25) is 0 Å². The average Bonchev–Trinajstić information content (AvgIpc) is 3.13. The molecule has 29 heavy (non-hydrogen) atoms. The predicted molar refractivity (Wildman–Crippen MR) is 114 cm³/mol. The molecule has 1 aliphatic rings. The van der Waals surface area contributed by atoms with Crippen molar-refractivity contribution in [2.45, 2.75) is 25.7 Å². The maximum Gasteiger partial charge on any atom is 0.271 e. The molecule has 0 atom stereocenters. The summed E-state index contributed by atoms with van der Waals surface area (Å²) in [5.41, 5.74) is 5.62. The number of hydrazone groups is 1. The third-order valence-electron chi connectivity index (χ3n) is 5.53. The number of amides is 1. The minimum atomic E-state index is -0.293. The van der Waals surface area contributed by atoms with Crippen molar-refractivity contribution in [2.24, 2.45) is 5.10 Å². The van der Waals surface area contributed by atoms with E-state index in [9.17, 15) is 9.90 Å². The first-order valence-electron chi connectivity index (χ1n) is 9.80. The van der Waals surface area contributed by atoms with E-state index in [-0.39, 0.29) is 11.7 Å². The molecule has 0 saturated heterocycles. The lowest BCUT2D eigenvalue weighted by Crippen LogP contribution is -2.18. The van der Waals surface area contributed by atoms with Crippen molar-refractivity contribution in [3.05, 3.63) is 77.0 Å². The number of carbonyl (C=O) groups excluding carboxylic acids is 1. The number of hydrogen-bond acceptors (Lipinski definition) is 4. The normalized spacial score (nSPS) is 13.8. The second-order valence-corrected chi connectivity index (χ2v) is 7.31. The number of aromatic hydroxyl groups is 1. The van der Waals surface area contributed by atoms with E-state index in [1.165, 1.54) is 6.21 Å². The van der Waals surface area contributed by atoms with Gasteiger partial charge in [0.25, 0.3) is 5.91 Å². The van der Waals surface area contributed by atoms with E-state index in [1.807, 2.05) is 36.4 Å². The van der Waals surface area contributed by atoms with E-state index in [1.54, 1.807) is 18.2 Å². The molecule has 1 heterocycles. The Balaban J connectivity index is 1.47. The molecule has 1 aliphatic carbocycles. The van der Waals surface area contributed by atoms with Crippen LogP contribution in [0.15, 0.2) is 64.1 Å². The predicted octanol–water partition coefficient (Wildman–Crippen LogP) is 4.93. The number of phenolic OH excluding ortho intramolecular Hbond substituents is 1. The van der Waals surface area contributed by atoms with Crippen molar-refractivity contribution < 1.29 is 14.3 Å². The molecule has 0 spiro atoms. The van der Waals surface area contributed by atoms with Crippen LogP contribution >= 0.6 is 0 Å². The van der Waals surface area contributed by atoms with Gasteiger partial charge in [-0.05, 0) is 48.2 Å². The molecule has 5 nitrogen and oxygen atoms in total. The van der Waals surface area contributed by atoms with Gasteiger partial charge < -0.3 is 9.52 Å². The number of nitrogens with one attached hydrogen (secondary N) is 1. The summed E-state index contributed by atoms with van der Waals surface area (Å²) < 4.78 is 5.97. The van der Waals surface area contributed by atoms with Crippen LogP contribution in [0.3, 0.4) is 0 Å². The van der Waals surface area contributed by atoms with E-state index in [2.05, 4.69) is 10.5 Å². The molecule has 144 valence electrons. The quantitative estimate of drug-likeness (QED) is 0.388. The fourth-order valence-electron chi connectivity index (χ4n) is 4.14. The third-order valence-corrected chi connectivity index (χ3v) is 5.53. The summed E-state index contributed by atoms with van der Waals surface area (Å²) in [7, 11) is 0. The molecule has 0 bridgehead atoms. The van der Waals surface area contributed by atoms with Crippen molar-refractivity contribution in [1.82, 2.24) is 5.43 Å². The molecular weight excluding hydrogens is 364 g/mol. The zero-order valence-corrected chi connectivity index (χ0v) is 15.8. The van der Waals surface area contributed by atoms with Crippen LogP contribution < -0.4 is 5.43 Å². The second-order valence-electron chi connectivity index (χ2n) is 7.31. The lowest BCUT2D eigenvalue weighted by Gasteiger charge is -2.10. The number of phenols is 1.